The maximum absolute atomic E-state index is 11.2. The molecule has 3 saturated carbocycles. The van der Waals surface area contributed by atoms with E-state index in [2.05, 4.69) is 113 Å². The molecule has 5 aromatic heterocycles. The summed E-state index contributed by atoms with van der Waals surface area (Å²) >= 11 is 5.54. The number of aliphatic hydroxyl groups is 1. The summed E-state index contributed by atoms with van der Waals surface area (Å²) in [5.41, 5.74) is 13.8. The van der Waals surface area contributed by atoms with Gasteiger partial charge in [-0.25, -0.2) is 26.1 Å². The Morgan fingerprint density at radius 3 is 1.42 bits per heavy atom. The summed E-state index contributed by atoms with van der Waals surface area (Å²) in [5, 5.41) is 48.8. The van der Waals surface area contributed by atoms with E-state index in [4.69, 9.17) is 16.3 Å². The van der Waals surface area contributed by atoms with Crippen molar-refractivity contribution in [2.45, 2.75) is 142 Å². The van der Waals surface area contributed by atoms with Crippen LogP contribution < -0.4 is 17.0 Å². The molecule has 0 aliphatic heterocycles. The molecule has 1 N–H and O–H groups in total. The Bertz CT molecular complexity index is 2590. The normalized spacial score (nSPS) is 12.6. The van der Waals surface area contributed by atoms with Gasteiger partial charge in [-0.3, -0.25) is 4.79 Å². The first-order valence-corrected chi connectivity index (χ1v) is 27.1. The minimum absolute atomic E-state index is 0. The van der Waals surface area contributed by atoms with Crippen molar-refractivity contribution in [1.82, 2.24) is 55.9 Å². The third-order valence-corrected chi connectivity index (χ3v) is 10.9. The molecule has 0 spiro atoms. The minimum atomic E-state index is -3.19. The summed E-state index contributed by atoms with van der Waals surface area (Å²) in [6.07, 6.45) is 13.1. The Kier molecular flexibility index (Phi) is 37.5. The minimum Gasteiger partial charge on any atom is -1.00 e. The number of esters is 1. The molecule has 0 aromatic carbocycles. The number of hydrogen-bond donors (Lipinski definition) is 1. The smallest absolute Gasteiger partial charge is 1.00 e. The molecule has 0 radical (unpaired) electrons. The standard InChI is InChI=1S/C10H14N2O.C10H12N2.C9H12N2O2.C7H8N2O.C6H7ClN2.C6H15N.C3H5.CH3ClO2S.BrH.Mg/c1-6-5-9(12-11-7(6)2)10(13)8-3-4-8;1-7-5-10(6-9-3-4-9)12-11-8(7)2;1-4-13-9(12)8-5-6(2)7(3)10-11-8;1-5-3-7(4-10)9-8-6(5)2;1-4-3-6(7)9-8-5(4)2;1-4-7(5-2)6-3;1-2-3-1;1-5(2,3)4;;/h5,8,10,13H,3-4H2,1-2H3;5-6H,3-4H2,1-2H3;5H,4H2,1-3H3;3-4H,1-2H3;3H,1-2H3;4-6H2,1-3H3;1H,2-3H2;1H3;1H;/q;;;;;;-1;;;+2/p-1. The van der Waals surface area contributed by atoms with Crippen molar-refractivity contribution in [3.8, 4) is 0 Å². The number of hydrogen-bond acceptors (Lipinski definition) is 17. The van der Waals surface area contributed by atoms with Crippen LogP contribution >= 0.6 is 22.3 Å². The van der Waals surface area contributed by atoms with Gasteiger partial charge in [-0.05, 0) is 192 Å². The predicted molar refractivity (Wildman–Crippen MR) is 292 cm³/mol. The molecular weight excluding hydrogens is 1080 g/mol. The summed E-state index contributed by atoms with van der Waals surface area (Å²) in [4.78, 5) is 23.7. The summed E-state index contributed by atoms with van der Waals surface area (Å²) in [6.45, 7) is 31.5. The predicted octanol–water partition coefficient (Wildman–Crippen LogP) is 6.87. The first-order chi connectivity index (χ1) is 33.9. The van der Waals surface area contributed by atoms with Gasteiger partial charge in [0.1, 0.15) is 11.8 Å². The van der Waals surface area contributed by atoms with Crippen molar-refractivity contribution in [1.29, 1.82) is 0 Å². The zero-order valence-electron chi connectivity index (χ0n) is 46.0. The number of halogens is 3. The Morgan fingerprint density at radius 2 is 1.08 bits per heavy atom. The van der Waals surface area contributed by atoms with Crippen molar-refractivity contribution in [3.05, 3.63) is 127 Å². The number of ether oxygens (including phenoxy) is 1. The molecule has 8 rings (SSSR count). The molecule has 3 fully saturated rings. The second kappa shape index (κ2) is 38.5. The fourth-order valence-electron chi connectivity index (χ4n) is 5.09. The van der Waals surface area contributed by atoms with Gasteiger partial charge in [0, 0.05) is 10.7 Å². The van der Waals surface area contributed by atoms with Crippen molar-refractivity contribution in [2.24, 2.45) is 5.92 Å². The molecule has 17 nitrogen and oxygen atoms in total. The fourth-order valence-corrected chi connectivity index (χ4v) is 5.29. The molecule has 0 amide bonds. The van der Waals surface area contributed by atoms with Crippen LogP contribution in [0.2, 0.25) is 5.15 Å². The number of aldehydes is 1. The number of aromatic nitrogens is 10. The summed E-state index contributed by atoms with van der Waals surface area (Å²) in [7, 11) is 1.31. The number of allylic oxidation sites excluding steroid dienone is 1. The number of aliphatic hydroxyl groups excluding tert-OH is 1. The third kappa shape index (κ3) is 33.8. The van der Waals surface area contributed by atoms with E-state index in [1.54, 1.807) is 25.1 Å². The Morgan fingerprint density at radius 1 is 0.689 bits per heavy atom. The maximum Gasteiger partial charge on any atom is 2.00 e. The molecular formula is C52H76BrCl2MgN11O6S. The number of carbonyl (C=O) groups is 2. The van der Waals surface area contributed by atoms with E-state index >= 15 is 0 Å². The van der Waals surface area contributed by atoms with E-state index in [1.165, 1.54) is 56.5 Å². The summed E-state index contributed by atoms with van der Waals surface area (Å²) < 4.78 is 23.6. The fraction of sp³-hybridized carbons (Fsp3) is 0.519. The molecule has 404 valence electrons. The number of nitrogens with zero attached hydrogens (tertiary/aromatic N) is 11. The number of rotatable bonds is 9. The Hall–Kier alpha value is -4.02. The van der Waals surface area contributed by atoms with E-state index < -0.39 is 21.1 Å². The molecule has 22 heteroatoms. The second-order valence-electron chi connectivity index (χ2n) is 17.1. The largest absolute Gasteiger partial charge is 2.00 e. The van der Waals surface area contributed by atoms with Crippen LogP contribution in [-0.4, -0.2) is 137 Å². The van der Waals surface area contributed by atoms with Crippen LogP contribution in [0.5, 0.6) is 0 Å². The summed E-state index contributed by atoms with van der Waals surface area (Å²) in [5.74, 6) is 0.00880. The average Bonchev–Trinajstić information content (AvgIpc) is 4.15. The molecule has 0 saturated heterocycles. The van der Waals surface area contributed by atoms with Crippen LogP contribution in [0, 0.1) is 81.6 Å². The average molecular weight is 1160 g/mol. The van der Waals surface area contributed by atoms with Crippen LogP contribution in [-0.2, 0) is 13.8 Å². The van der Waals surface area contributed by atoms with E-state index in [-0.39, 0.29) is 45.7 Å². The van der Waals surface area contributed by atoms with Gasteiger partial charge in [-0.15, -0.1) is 15.3 Å². The third-order valence-electron chi connectivity index (χ3n) is 10.7. The van der Waals surface area contributed by atoms with Gasteiger partial charge < -0.3 is 38.1 Å². The SMILES string of the molecule is CCN(CC)CC.CCOC(=O)c1cc(C)c(C)nn1.CS(=O)(=O)Cl.Cc1cc(C(O)C2CC2)nnc1C.Cc1cc(C=C2CC2)nnc1C.Cc1cc(C=O)nnc1C.Cc1cc(Cl)nnc1C.[Br-].[CH-]1CC1.[Mg+2]. The molecule has 3 aliphatic rings. The zero-order chi connectivity index (χ0) is 54.6. The van der Waals surface area contributed by atoms with Crippen molar-refractivity contribution < 1.29 is 44.8 Å². The van der Waals surface area contributed by atoms with Gasteiger partial charge in [0.2, 0.25) is 9.05 Å². The van der Waals surface area contributed by atoms with E-state index in [1.807, 2.05) is 68.4 Å². The van der Waals surface area contributed by atoms with Crippen LogP contribution in [0.15, 0.2) is 35.9 Å². The second-order valence-corrected chi connectivity index (χ2v) is 20.6. The first-order valence-electron chi connectivity index (χ1n) is 24.0. The van der Waals surface area contributed by atoms with Crippen molar-refractivity contribution in [3.63, 3.8) is 0 Å². The van der Waals surface area contributed by atoms with Gasteiger partial charge in [0.15, 0.2) is 17.1 Å². The molecule has 74 heavy (non-hydrogen) atoms. The van der Waals surface area contributed by atoms with Gasteiger partial charge in [-0.1, -0.05) is 37.9 Å². The van der Waals surface area contributed by atoms with E-state index in [0.717, 1.165) is 81.2 Å². The molecule has 3 aliphatic carbocycles. The molecule has 1 unspecified atom stereocenters. The maximum atomic E-state index is 11.2. The summed E-state index contributed by atoms with van der Waals surface area (Å²) in [6, 6.07) is 9.22. The first kappa shape index (κ1) is 72.1. The van der Waals surface area contributed by atoms with Crippen LogP contribution in [0.1, 0.15) is 161 Å². The van der Waals surface area contributed by atoms with Gasteiger partial charge in [0.05, 0.1) is 52.7 Å². The molecule has 5 aromatic rings. The Labute approximate surface area is 476 Å². The van der Waals surface area contributed by atoms with Gasteiger partial charge in [0.25, 0.3) is 0 Å². The van der Waals surface area contributed by atoms with Gasteiger partial charge >= 0.3 is 29.0 Å². The number of aryl methyl sites for hydroxylation is 10. The van der Waals surface area contributed by atoms with E-state index in [0.29, 0.717) is 29.7 Å². The van der Waals surface area contributed by atoms with Crippen LogP contribution in [0.4, 0.5) is 0 Å². The molecule has 1 atom stereocenters. The quantitative estimate of drug-likeness (QED) is 0.0522. The topological polar surface area (TPSA) is 230 Å². The Balaban J connectivity index is 0. The van der Waals surface area contributed by atoms with Crippen molar-refractivity contribution >= 4 is 72.7 Å². The van der Waals surface area contributed by atoms with Crippen molar-refractivity contribution in [2.75, 3.05) is 32.5 Å². The van der Waals surface area contributed by atoms with Gasteiger partial charge in [-0.2, -0.15) is 35.7 Å². The monoisotopic (exact) mass is 1160 g/mol. The zero-order valence-corrected chi connectivity index (χ0v) is 51.3. The van der Waals surface area contributed by atoms with Crippen LogP contribution in [0.25, 0.3) is 6.08 Å². The molecule has 0 bridgehead atoms. The molecule has 5 heterocycles. The number of carbonyl (C=O) groups excluding carboxylic acids is 2. The van der Waals surface area contributed by atoms with E-state index in [9.17, 15) is 23.1 Å². The van der Waals surface area contributed by atoms with Crippen LogP contribution in [0.3, 0.4) is 0 Å².